The average Bonchev–Trinajstić information content (AvgIpc) is 2.90. The predicted molar refractivity (Wildman–Crippen MR) is 67.2 cm³/mol. The molecule has 92 valence electrons. The zero-order chi connectivity index (χ0) is 11.8. The predicted octanol–water partition coefficient (Wildman–Crippen LogP) is 1.81. The molecule has 0 amide bonds. The lowest BCUT2D eigenvalue weighted by Gasteiger charge is -2.04. The maximum Gasteiger partial charge on any atom is 0.234 e. The molecule has 1 saturated carbocycles. The van der Waals surface area contributed by atoms with Gasteiger partial charge in [0, 0.05) is 12.5 Å². The van der Waals surface area contributed by atoms with E-state index in [4.69, 9.17) is 0 Å². The van der Waals surface area contributed by atoms with Crippen LogP contribution in [0, 0.1) is 5.92 Å². The molecule has 5 nitrogen and oxygen atoms in total. The number of fused-ring (bicyclic) bond motifs is 1. The molecule has 3 rings (SSSR count). The van der Waals surface area contributed by atoms with Crippen molar-refractivity contribution in [1.82, 2.24) is 25.1 Å². The maximum atomic E-state index is 4.58. The molecular formula is C11H17N5S. The first kappa shape index (κ1) is 11.1. The smallest absolute Gasteiger partial charge is 0.234 e. The molecule has 0 radical (unpaired) electrons. The summed E-state index contributed by atoms with van der Waals surface area (Å²) in [4.78, 5) is 0.924. The molecule has 2 aromatic heterocycles. The Bertz CT molecular complexity index is 511. The van der Waals surface area contributed by atoms with Crippen LogP contribution in [0.15, 0.2) is 0 Å². The van der Waals surface area contributed by atoms with E-state index in [0.29, 0.717) is 11.8 Å². The summed E-state index contributed by atoms with van der Waals surface area (Å²) in [5.74, 6) is 2.32. The van der Waals surface area contributed by atoms with Crippen LogP contribution in [0.3, 0.4) is 0 Å². The molecule has 0 aliphatic heterocycles. The molecule has 1 aliphatic carbocycles. The van der Waals surface area contributed by atoms with Crippen molar-refractivity contribution in [1.29, 1.82) is 0 Å². The Hall–Kier alpha value is -1.01. The Balaban J connectivity index is 1.73. The molecule has 6 heteroatoms. The Morgan fingerprint density at radius 2 is 2.24 bits per heavy atom. The summed E-state index contributed by atoms with van der Waals surface area (Å²) in [7, 11) is 0. The fourth-order valence-electron chi connectivity index (χ4n) is 1.81. The van der Waals surface area contributed by atoms with E-state index in [1.165, 1.54) is 12.8 Å². The lowest BCUT2D eigenvalue weighted by Crippen LogP contribution is -2.19. The van der Waals surface area contributed by atoms with E-state index in [-0.39, 0.29) is 0 Å². The SMILES string of the molecule is CC(C)CNCc1nn2c(C3CC3)nnc2s1. The van der Waals surface area contributed by atoms with E-state index in [0.717, 1.165) is 28.9 Å². The monoisotopic (exact) mass is 251 g/mol. The lowest BCUT2D eigenvalue weighted by atomic mass is 10.2. The van der Waals surface area contributed by atoms with Gasteiger partial charge in [0.1, 0.15) is 5.01 Å². The highest BCUT2D eigenvalue weighted by atomic mass is 32.1. The fourth-order valence-corrected chi connectivity index (χ4v) is 2.62. The Morgan fingerprint density at radius 1 is 1.41 bits per heavy atom. The highest BCUT2D eigenvalue weighted by molar-refractivity contribution is 7.16. The summed E-state index contributed by atoms with van der Waals surface area (Å²) in [6.07, 6.45) is 2.47. The largest absolute Gasteiger partial charge is 0.310 e. The van der Waals surface area contributed by atoms with Gasteiger partial charge >= 0.3 is 0 Å². The molecule has 0 atom stereocenters. The first-order valence-electron chi connectivity index (χ1n) is 6.16. The van der Waals surface area contributed by atoms with Gasteiger partial charge in [0.25, 0.3) is 0 Å². The first-order chi connectivity index (χ1) is 8.24. The molecule has 17 heavy (non-hydrogen) atoms. The van der Waals surface area contributed by atoms with Gasteiger partial charge in [0.15, 0.2) is 5.82 Å². The third-order valence-corrected chi connectivity index (χ3v) is 3.73. The van der Waals surface area contributed by atoms with Crippen LogP contribution in [0.1, 0.15) is 43.4 Å². The Labute approximate surface area is 104 Å². The van der Waals surface area contributed by atoms with Crippen LogP contribution >= 0.6 is 11.3 Å². The summed E-state index contributed by atoms with van der Waals surface area (Å²) in [6.45, 7) is 6.26. The topological polar surface area (TPSA) is 55.1 Å². The van der Waals surface area contributed by atoms with Gasteiger partial charge in [0.05, 0.1) is 0 Å². The molecule has 1 aliphatic rings. The summed E-state index contributed by atoms with van der Waals surface area (Å²) < 4.78 is 1.93. The molecule has 0 saturated heterocycles. The number of hydrogen-bond acceptors (Lipinski definition) is 5. The molecule has 0 aromatic carbocycles. The van der Waals surface area contributed by atoms with Gasteiger partial charge in [-0.05, 0) is 25.3 Å². The molecular weight excluding hydrogens is 234 g/mol. The van der Waals surface area contributed by atoms with Crippen LogP contribution in [-0.4, -0.2) is 26.4 Å². The molecule has 1 N–H and O–H groups in total. The number of nitrogens with one attached hydrogen (secondary N) is 1. The van der Waals surface area contributed by atoms with Gasteiger partial charge in [0.2, 0.25) is 4.96 Å². The molecule has 0 bridgehead atoms. The van der Waals surface area contributed by atoms with Crippen molar-refractivity contribution >= 4 is 16.3 Å². The fraction of sp³-hybridized carbons (Fsp3) is 0.727. The minimum absolute atomic E-state index is 0.601. The molecule has 0 spiro atoms. The van der Waals surface area contributed by atoms with Crippen molar-refractivity contribution in [2.75, 3.05) is 6.54 Å². The van der Waals surface area contributed by atoms with Crippen molar-refractivity contribution < 1.29 is 0 Å². The van der Waals surface area contributed by atoms with Gasteiger partial charge in [-0.25, -0.2) is 0 Å². The minimum Gasteiger partial charge on any atom is -0.310 e. The van der Waals surface area contributed by atoms with Crippen LogP contribution in [0.25, 0.3) is 4.96 Å². The van der Waals surface area contributed by atoms with Crippen LogP contribution in [0.2, 0.25) is 0 Å². The summed E-state index contributed by atoms with van der Waals surface area (Å²) in [6, 6.07) is 0. The summed E-state index contributed by atoms with van der Waals surface area (Å²) in [5.41, 5.74) is 0. The van der Waals surface area contributed by atoms with Crippen molar-refractivity contribution in [2.45, 2.75) is 39.2 Å². The molecule has 1 fully saturated rings. The molecule has 2 heterocycles. The molecule has 0 unspecified atom stereocenters. The standard InChI is InChI=1S/C11H17N5S/c1-7(2)5-12-6-9-15-16-10(8-3-4-8)13-14-11(16)17-9/h7-8,12H,3-6H2,1-2H3. The van der Waals surface area contributed by atoms with Crippen molar-refractivity contribution in [3.8, 4) is 0 Å². The zero-order valence-electron chi connectivity index (χ0n) is 10.2. The Kier molecular flexibility index (Phi) is 2.84. The minimum atomic E-state index is 0.601. The van der Waals surface area contributed by atoms with Crippen LogP contribution in [0.5, 0.6) is 0 Å². The highest BCUT2D eigenvalue weighted by Crippen LogP contribution is 2.39. The van der Waals surface area contributed by atoms with E-state index in [1.807, 2.05) is 4.52 Å². The average molecular weight is 251 g/mol. The van der Waals surface area contributed by atoms with Gasteiger partial charge in [-0.2, -0.15) is 9.61 Å². The second kappa shape index (κ2) is 4.34. The quantitative estimate of drug-likeness (QED) is 0.880. The third kappa shape index (κ3) is 2.32. The third-order valence-electron chi connectivity index (χ3n) is 2.83. The highest BCUT2D eigenvalue weighted by Gasteiger charge is 2.29. The van der Waals surface area contributed by atoms with Crippen molar-refractivity contribution in [3.63, 3.8) is 0 Å². The summed E-state index contributed by atoms with van der Waals surface area (Å²) >= 11 is 1.63. The van der Waals surface area contributed by atoms with E-state index in [1.54, 1.807) is 11.3 Å². The van der Waals surface area contributed by atoms with E-state index >= 15 is 0 Å². The lowest BCUT2D eigenvalue weighted by molar-refractivity contribution is 0.549. The number of hydrogen-bond donors (Lipinski definition) is 1. The van der Waals surface area contributed by atoms with Gasteiger partial charge in [-0.1, -0.05) is 25.2 Å². The summed E-state index contributed by atoms with van der Waals surface area (Å²) in [5, 5.41) is 17.5. The van der Waals surface area contributed by atoms with Crippen LogP contribution in [0.4, 0.5) is 0 Å². The van der Waals surface area contributed by atoms with Crippen molar-refractivity contribution in [3.05, 3.63) is 10.8 Å². The number of nitrogens with zero attached hydrogens (tertiary/aromatic N) is 4. The second-order valence-electron chi connectivity index (χ2n) is 5.05. The van der Waals surface area contributed by atoms with Gasteiger partial charge < -0.3 is 5.32 Å². The Morgan fingerprint density at radius 3 is 2.94 bits per heavy atom. The maximum absolute atomic E-state index is 4.58. The molecule has 2 aromatic rings. The normalized spacial score (nSPS) is 16.2. The van der Waals surface area contributed by atoms with Gasteiger partial charge in [-0.3, -0.25) is 0 Å². The van der Waals surface area contributed by atoms with Crippen molar-refractivity contribution in [2.24, 2.45) is 5.92 Å². The van der Waals surface area contributed by atoms with E-state index in [9.17, 15) is 0 Å². The second-order valence-corrected chi connectivity index (χ2v) is 6.09. The van der Waals surface area contributed by atoms with E-state index in [2.05, 4.69) is 34.5 Å². The van der Waals surface area contributed by atoms with Gasteiger partial charge in [-0.15, -0.1) is 10.2 Å². The van der Waals surface area contributed by atoms with Crippen LogP contribution in [-0.2, 0) is 6.54 Å². The first-order valence-corrected chi connectivity index (χ1v) is 6.97. The van der Waals surface area contributed by atoms with E-state index < -0.39 is 0 Å². The van der Waals surface area contributed by atoms with Crippen LogP contribution < -0.4 is 5.32 Å². The number of aromatic nitrogens is 4. The number of rotatable bonds is 5. The zero-order valence-corrected chi connectivity index (χ0v) is 11.0.